The molecule has 0 spiro atoms. The zero-order chi connectivity index (χ0) is 23.6. The lowest BCUT2D eigenvalue weighted by molar-refractivity contribution is -0.122. The van der Waals surface area contributed by atoms with Gasteiger partial charge >= 0.3 is 0 Å². The number of hydrogen-bond donors (Lipinski definition) is 1. The van der Waals surface area contributed by atoms with E-state index >= 15 is 0 Å². The second-order valence-electron chi connectivity index (χ2n) is 8.43. The van der Waals surface area contributed by atoms with E-state index in [-0.39, 0.29) is 5.91 Å². The number of anilines is 1. The Morgan fingerprint density at radius 1 is 0.939 bits per heavy atom. The Morgan fingerprint density at radius 3 is 2.27 bits per heavy atom. The highest BCUT2D eigenvalue weighted by atomic mass is 32.2. The first-order valence-corrected chi connectivity index (χ1v) is 13.2. The van der Waals surface area contributed by atoms with Gasteiger partial charge in [-0.2, -0.15) is 4.31 Å². The maximum atomic E-state index is 13.5. The smallest absolute Gasteiger partial charge is 0.252 e. The number of nitrogens with one attached hydrogen (secondary N) is 1. The molecule has 2 heterocycles. The number of aryl methyl sites for hydroxylation is 3. The number of benzene rings is 2. The summed E-state index contributed by atoms with van der Waals surface area (Å²) < 4.78 is 28.0. The molecular weight excluding hydrogens is 454 g/mol. The zero-order valence-corrected chi connectivity index (χ0v) is 20.7. The molecule has 3 aromatic rings. The van der Waals surface area contributed by atoms with Crippen molar-refractivity contribution >= 4 is 33.0 Å². The van der Waals surface area contributed by atoms with Crippen molar-refractivity contribution in [3.8, 4) is 0 Å². The molecular formula is C25H29N3O3S2. The highest BCUT2D eigenvalue weighted by molar-refractivity contribution is 7.91. The lowest BCUT2D eigenvalue weighted by atomic mass is 10.0. The summed E-state index contributed by atoms with van der Waals surface area (Å²) in [7, 11) is -3.51. The predicted octanol–water partition coefficient (Wildman–Crippen LogP) is 4.36. The zero-order valence-electron chi connectivity index (χ0n) is 19.1. The van der Waals surface area contributed by atoms with Gasteiger partial charge in [-0.25, -0.2) is 8.42 Å². The molecule has 4 rings (SSSR count). The molecule has 1 aliphatic heterocycles. The van der Waals surface area contributed by atoms with Crippen LogP contribution in [-0.4, -0.2) is 49.7 Å². The summed E-state index contributed by atoms with van der Waals surface area (Å²) >= 11 is 1.29. The van der Waals surface area contributed by atoms with E-state index in [2.05, 4.69) is 10.2 Å². The SMILES string of the molecule is Cc1ccc(C)c(NC(=O)C(c2ccccc2)N2CCN(S(=O)(=O)c3ccc(C)s3)CC2)c1. The molecule has 174 valence electrons. The van der Waals surface area contributed by atoms with Crippen molar-refractivity contribution in [1.29, 1.82) is 0 Å². The van der Waals surface area contributed by atoms with Crippen LogP contribution in [-0.2, 0) is 14.8 Å². The summed E-state index contributed by atoms with van der Waals surface area (Å²) in [6.45, 7) is 7.52. The van der Waals surface area contributed by atoms with E-state index in [1.165, 1.54) is 15.6 Å². The number of amides is 1. The lowest BCUT2D eigenvalue weighted by Crippen LogP contribution is -2.51. The number of carbonyl (C=O) groups excluding carboxylic acids is 1. The molecule has 0 aliphatic carbocycles. The van der Waals surface area contributed by atoms with Gasteiger partial charge in [0, 0.05) is 36.7 Å². The highest BCUT2D eigenvalue weighted by Crippen LogP contribution is 2.29. The largest absolute Gasteiger partial charge is 0.324 e. The first-order valence-electron chi connectivity index (χ1n) is 11.0. The van der Waals surface area contributed by atoms with Crippen molar-refractivity contribution in [2.75, 3.05) is 31.5 Å². The van der Waals surface area contributed by atoms with Crippen LogP contribution in [0.2, 0.25) is 0 Å². The van der Waals surface area contributed by atoms with Gasteiger partial charge in [-0.1, -0.05) is 42.5 Å². The van der Waals surface area contributed by atoms with E-state index in [1.807, 2.05) is 75.4 Å². The fraction of sp³-hybridized carbons (Fsp3) is 0.320. The van der Waals surface area contributed by atoms with Gasteiger partial charge in [0.15, 0.2) is 0 Å². The van der Waals surface area contributed by atoms with Gasteiger partial charge < -0.3 is 5.32 Å². The molecule has 0 saturated carbocycles. The van der Waals surface area contributed by atoms with Crippen molar-refractivity contribution in [1.82, 2.24) is 9.21 Å². The Hall–Kier alpha value is -2.52. The van der Waals surface area contributed by atoms with Gasteiger partial charge in [0.25, 0.3) is 10.0 Å². The molecule has 1 amide bonds. The van der Waals surface area contributed by atoms with Gasteiger partial charge in [-0.15, -0.1) is 11.3 Å². The maximum Gasteiger partial charge on any atom is 0.252 e. The van der Waals surface area contributed by atoms with Crippen LogP contribution in [0, 0.1) is 20.8 Å². The first kappa shape index (κ1) is 23.6. The van der Waals surface area contributed by atoms with Gasteiger partial charge in [0.1, 0.15) is 10.3 Å². The van der Waals surface area contributed by atoms with E-state index in [0.717, 1.165) is 27.3 Å². The Bertz CT molecular complexity index is 1230. The molecule has 1 fully saturated rings. The summed E-state index contributed by atoms with van der Waals surface area (Å²) in [5.41, 5.74) is 3.78. The number of thiophene rings is 1. The molecule has 6 nitrogen and oxygen atoms in total. The van der Waals surface area contributed by atoms with Crippen LogP contribution in [0.3, 0.4) is 0 Å². The molecule has 1 aromatic heterocycles. The Morgan fingerprint density at radius 2 is 1.64 bits per heavy atom. The first-order chi connectivity index (χ1) is 15.8. The summed E-state index contributed by atoms with van der Waals surface area (Å²) in [6, 6.07) is 18.7. The fourth-order valence-electron chi connectivity index (χ4n) is 4.12. The molecule has 1 N–H and O–H groups in total. The minimum atomic E-state index is -3.51. The monoisotopic (exact) mass is 483 g/mol. The van der Waals surface area contributed by atoms with E-state index in [1.54, 1.807) is 6.07 Å². The van der Waals surface area contributed by atoms with Crippen molar-refractivity contribution in [3.05, 3.63) is 82.2 Å². The third kappa shape index (κ3) is 5.19. The Balaban J connectivity index is 1.54. The van der Waals surface area contributed by atoms with Gasteiger partial charge in [0.05, 0.1) is 0 Å². The van der Waals surface area contributed by atoms with Crippen LogP contribution in [0.5, 0.6) is 0 Å². The average molecular weight is 484 g/mol. The molecule has 1 atom stereocenters. The number of sulfonamides is 1. The summed E-state index contributed by atoms with van der Waals surface area (Å²) in [5, 5.41) is 3.11. The topological polar surface area (TPSA) is 69.7 Å². The van der Waals surface area contributed by atoms with Crippen LogP contribution in [0.25, 0.3) is 0 Å². The number of piperazine rings is 1. The van der Waals surface area contributed by atoms with E-state index in [4.69, 9.17) is 0 Å². The summed E-state index contributed by atoms with van der Waals surface area (Å²) in [5.74, 6) is -0.111. The van der Waals surface area contributed by atoms with Crippen molar-refractivity contribution in [2.24, 2.45) is 0 Å². The van der Waals surface area contributed by atoms with E-state index < -0.39 is 16.1 Å². The molecule has 8 heteroatoms. The molecule has 0 bridgehead atoms. The molecule has 2 aromatic carbocycles. The minimum absolute atomic E-state index is 0.111. The van der Waals surface area contributed by atoms with Crippen LogP contribution in [0.4, 0.5) is 5.69 Å². The third-order valence-corrected chi connectivity index (χ3v) is 9.33. The van der Waals surface area contributed by atoms with Gasteiger partial charge in [0.2, 0.25) is 5.91 Å². The quantitative estimate of drug-likeness (QED) is 0.566. The van der Waals surface area contributed by atoms with Crippen LogP contribution < -0.4 is 5.32 Å². The fourth-order valence-corrected chi connectivity index (χ4v) is 6.97. The van der Waals surface area contributed by atoms with Crippen molar-refractivity contribution in [2.45, 2.75) is 31.0 Å². The lowest BCUT2D eigenvalue weighted by Gasteiger charge is -2.38. The molecule has 1 saturated heterocycles. The second kappa shape index (κ2) is 9.77. The van der Waals surface area contributed by atoms with E-state index in [0.29, 0.717) is 30.4 Å². The normalized spacial score (nSPS) is 16.5. The third-order valence-electron chi connectivity index (χ3n) is 5.96. The van der Waals surface area contributed by atoms with E-state index in [9.17, 15) is 13.2 Å². The minimum Gasteiger partial charge on any atom is -0.324 e. The van der Waals surface area contributed by atoms with Crippen LogP contribution in [0.1, 0.15) is 27.6 Å². The average Bonchev–Trinajstić information content (AvgIpc) is 3.25. The van der Waals surface area contributed by atoms with Crippen LogP contribution >= 0.6 is 11.3 Å². The predicted molar refractivity (Wildman–Crippen MR) is 133 cm³/mol. The Labute approximate surface area is 199 Å². The molecule has 1 aliphatic rings. The summed E-state index contributed by atoms with van der Waals surface area (Å²) in [6.07, 6.45) is 0. The van der Waals surface area contributed by atoms with Crippen molar-refractivity contribution < 1.29 is 13.2 Å². The number of hydrogen-bond acceptors (Lipinski definition) is 5. The van der Waals surface area contributed by atoms with Crippen molar-refractivity contribution in [3.63, 3.8) is 0 Å². The maximum absolute atomic E-state index is 13.5. The number of carbonyl (C=O) groups is 1. The Kier molecular flexibility index (Phi) is 6.99. The second-order valence-corrected chi connectivity index (χ2v) is 11.9. The number of rotatable bonds is 6. The van der Waals surface area contributed by atoms with Gasteiger partial charge in [-0.3, -0.25) is 9.69 Å². The van der Waals surface area contributed by atoms with Gasteiger partial charge in [-0.05, 0) is 55.7 Å². The summed E-state index contributed by atoms with van der Waals surface area (Å²) in [4.78, 5) is 16.5. The number of nitrogens with zero attached hydrogens (tertiary/aromatic N) is 2. The molecule has 0 radical (unpaired) electrons. The molecule has 1 unspecified atom stereocenters. The standard InChI is InChI=1S/C25H29N3O3S2/c1-18-9-10-19(2)22(17-18)26-25(29)24(21-7-5-4-6-8-21)27-13-15-28(16-14-27)33(30,31)23-12-11-20(3)32-23/h4-12,17,24H,13-16H2,1-3H3,(H,26,29). The highest BCUT2D eigenvalue weighted by Gasteiger charge is 2.35. The van der Waals surface area contributed by atoms with Crippen LogP contribution in [0.15, 0.2) is 64.9 Å². The molecule has 33 heavy (non-hydrogen) atoms.